The lowest BCUT2D eigenvalue weighted by Crippen LogP contribution is -2.57. The first-order chi connectivity index (χ1) is 12.1. The van der Waals surface area contributed by atoms with Crippen molar-refractivity contribution in [3.05, 3.63) is 21.4 Å². The highest BCUT2D eigenvalue weighted by Gasteiger charge is 2.32. The molecule has 4 rings (SSSR count). The van der Waals surface area contributed by atoms with E-state index < -0.39 is 0 Å². The van der Waals surface area contributed by atoms with E-state index in [0.717, 1.165) is 56.1 Å². The molecule has 2 aliphatic heterocycles. The van der Waals surface area contributed by atoms with Crippen molar-refractivity contribution in [3.8, 4) is 0 Å². The number of nitrogens with zero attached hydrogens (tertiary/aromatic N) is 2. The molecule has 2 saturated heterocycles. The van der Waals surface area contributed by atoms with Crippen LogP contribution < -0.4 is 5.32 Å². The van der Waals surface area contributed by atoms with Crippen molar-refractivity contribution >= 4 is 23.2 Å². The molecule has 2 amide bonds. The van der Waals surface area contributed by atoms with E-state index >= 15 is 0 Å². The van der Waals surface area contributed by atoms with Gasteiger partial charge in [-0.25, -0.2) is 0 Å². The topological polar surface area (TPSA) is 52.7 Å². The van der Waals surface area contributed by atoms with Crippen LogP contribution in [-0.4, -0.2) is 60.4 Å². The molecule has 0 bridgehead atoms. The second-order valence-corrected chi connectivity index (χ2v) is 8.85. The average molecular weight is 362 g/mol. The van der Waals surface area contributed by atoms with Crippen LogP contribution >= 0.6 is 11.3 Å². The SMILES string of the molecule is CC1CCc2sc(C(=O)N3CCCC(N4CCNCC4=O)C3)cc2C1. The van der Waals surface area contributed by atoms with E-state index in [1.54, 1.807) is 11.3 Å². The first-order valence-electron chi connectivity index (χ1n) is 9.53. The maximum atomic E-state index is 13.0. The third-order valence-corrected chi connectivity index (χ3v) is 7.02. The Bertz CT molecular complexity index is 672. The predicted octanol–water partition coefficient (Wildman–Crippen LogP) is 1.91. The Hall–Kier alpha value is -1.40. The molecular formula is C19H27N3O2S. The van der Waals surface area contributed by atoms with Gasteiger partial charge in [0.05, 0.1) is 11.4 Å². The number of likely N-dealkylation sites (tertiary alicyclic amines) is 1. The van der Waals surface area contributed by atoms with E-state index in [0.29, 0.717) is 13.1 Å². The summed E-state index contributed by atoms with van der Waals surface area (Å²) < 4.78 is 0. The maximum Gasteiger partial charge on any atom is 0.264 e. The van der Waals surface area contributed by atoms with Crippen LogP contribution in [0.5, 0.6) is 0 Å². The Kier molecular flexibility index (Phi) is 4.82. The maximum absolute atomic E-state index is 13.0. The summed E-state index contributed by atoms with van der Waals surface area (Å²) in [5.41, 5.74) is 1.39. The number of hydrogen-bond donors (Lipinski definition) is 1. The van der Waals surface area contributed by atoms with Gasteiger partial charge in [0.2, 0.25) is 5.91 Å². The van der Waals surface area contributed by atoms with Crippen molar-refractivity contribution in [1.82, 2.24) is 15.1 Å². The van der Waals surface area contributed by atoms with Crippen molar-refractivity contribution in [1.29, 1.82) is 0 Å². The largest absolute Gasteiger partial charge is 0.336 e. The van der Waals surface area contributed by atoms with Gasteiger partial charge in [0.25, 0.3) is 5.91 Å². The number of carbonyl (C=O) groups excluding carboxylic acids is 2. The van der Waals surface area contributed by atoms with Gasteiger partial charge >= 0.3 is 0 Å². The average Bonchev–Trinajstić information content (AvgIpc) is 3.04. The fourth-order valence-corrected chi connectivity index (χ4v) is 5.54. The van der Waals surface area contributed by atoms with E-state index in [-0.39, 0.29) is 17.9 Å². The third-order valence-electron chi connectivity index (χ3n) is 5.79. The summed E-state index contributed by atoms with van der Waals surface area (Å²) in [4.78, 5) is 31.5. The zero-order chi connectivity index (χ0) is 17.4. The Morgan fingerprint density at radius 3 is 3.04 bits per heavy atom. The molecular weight excluding hydrogens is 334 g/mol. The highest BCUT2D eigenvalue weighted by Crippen LogP contribution is 2.33. The van der Waals surface area contributed by atoms with Gasteiger partial charge < -0.3 is 15.1 Å². The minimum atomic E-state index is 0.166. The van der Waals surface area contributed by atoms with Crippen molar-refractivity contribution in [2.45, 2.75) is 45.1 Å². The number of carbonyl (C=O) groups is 2. The monoisotopic (exact) mass is 361 g/mol. The third kappa shape index (κ3) is 3.47. The van der Waals surface area contributed by atoms with Gasteiger partial charge in [-0.3, -0.25) is 9.59 Å². The van der Waals surface area contributed by atoms with Gasteiger partial charge in [-0.15, -0.1) is 11.3 Å². The molecule has 0 radical (unpaired) electrons. The molecule has 0 saturated carbocycles. The van der Waals surface area contributed by atoms with Crippen molar-refractivity contribution in [2.75, 3.05) is 32.7 Å². The molecule has 0 aromatic carbocycles. The molecule has 1 aromatic heterocycles. The van der Waals surface area contributed by atoms with E-state index in [4.69, 9.17) is 0 Å². The van der Waals surface area contributed by atoms with Crippen molar-refractivity contribution < 1.29 is 9.59 Å². The van der Waals surface area contributed by atoms with Gasteiger partial charge in [-0.1, -0.05) is 6.92 Å². The van der Waals surface area contributed by atoms with Crippen LogP contribution in [0.15, 0.2) is 6.07 Å². The number of nitrogens with one attached hydrogen (secondary N) is 1. The van der Waals surface area contributed by atoms with E-state index in [1.807, 2.05) is 9.80 Å². The first-order valence-corrected chi connectivity index (χ1v) is 10.3. The summed E-state index contributed by atoms with van der Waals surface area (Å²) in [5, 5.41) is 3.12. The molecule has 25 heavy (non-hydrogen) atoms. The minimum Gasteiger partial charge on any atom is -0.336 e. The normalized spacial score (nSPS) is 27.3. The lowest BCUT2D eigenvalue weighted by molar-refractivity contribution is -0.135. The van der Waals surface area contributed by atoms with Gasteiger partial charge in [-0.2, -0.15) is 0 Å². The van der Waals surface area contributed by atoms with Gasteiger partial charge in [0, 0.05) is 37.1 Å². The van der Waals surface area contributed by atoms with Gasteiger partial charge in [0.1, 0.15) is 0 Å². The first kappa shape index (κ1) is 17.0. The molecule has 1 aliphatic carbocycles. The summed E-state index contributed by atoms with van der Waals surface area (Å²) in [6.45, 7) is 5.84. The molecule has 1 N–H and O–H groups in total. The van der Waals surface area contributed by atoms with Crippen molar-refractivity contribution in [2.24, 2.45) is 5.92 Å². The standard InChI is InChI=1S/C19H27N3O2S/c1-13-4-5-16-14(9-13)10-17(25-16)19(24)21-7-2-3-15(12-21)22-8-6-20-11-18(22)23/h10,13,15,20H,2-9,11-12H2,1H3. The fraction of sp³-hybridized carbons (Fsp3) is 0.684. The molecule has 0 spiro atoms. The number of rotatable bonds is 2. The van der Waals surface area contributed by atoms with Crippen LogP contribution in [0.2, 0.25) is 0 Å². The Morgan fingerprint density at radius 1 is 1.32 bits per heavy atom. The number of amides is 2. The van der Waals surface area contributed by atoms with Crippen LogP contribution in [0, 0.1) is 5.92 Å². The van der Waals surface area contributed by atoms with Gasteiger partial charge in [-0.05, 0) is 49.7 Å². The summed E-state index contributed by atoms with van der Waals surface area (Å²) in [7, 11) is 0. The molecule has 136 valence electrons. The van der Waals surface area contributed by atoms with E-state index in [1.165, 1.54) is 16.9 Å². The molecule has 5 nitrogen and oxygen atoms in total. The Balaban J connectivity index is 1.46. The summed E-state index contributed by atoms with van der Waals surface area (Å²) in [5.74, 6) is 1.06. The number of piperidine rings is 1. The van der Waals surface area contributed by atoms with Gasteiger partial charge in [0.15, 0.2) is 0 Å². The lowest BCUT2D eigenvalue weighted by Gasteiger charge is -2.41. The summed E-state index contributed by atoms with van der Waals surface area (Å²) >= 11 is 1.69. The second-order valence-electron chi connectivity index (χ2n) is 7.72. The van der Waals surface area contributed by atoms with E-state index in [9.17, 15) is 9.59 Å². The molecule has 3 aliphatic rings. The Labute approximate surface area is 153 Å². The molecule has 1 aromatic rings. The summed E-state index contributed by atoms with van der Waals surface area (Å²) in [6.07, 6.45) is 5.45. The molecule has 3 heterocycles. The van der Waals surface area contributed by atoms with Crippen LogP contribution in [-0.2, 0) is 17.6 Å². The Morgan fingerprint density at radius 2 is 2.20 bits per heavy atom. The number of thiophene rings is 1. The highest BCUT2D eigenvalue weighted by atomic mass is 32.1. The van der Waals surface area contributed by atoms with Crippen LogP contribution in [0.3, 0.4) is 0 Å². The summed E-state index contributed by atoms with van der Waals surface area (Å²) in [6, 6.07) is 2.32. The molecule has 2 unspecified atom stereocenters. The number of hydrogen-bond acceptors (Lipinski definition) is 4. The number of fused-ring (bicyclic) bond motifs is 1. The molecule has 6 heteroatoms. The second kappa shape index (κ2) is 7.08. The zero-order valence-corrected chi connectivity index (χ0v) is 15.7. The zero-order valence-electron chi connectivity index (χ0n) is 14.9. The highest BCUT2D eigenvalue weighted by molar-refractivity contribution is 7.14. The van der Waals surface area contributed by atoms with Crippen LogP contribution in [0.4, 0.5) is 0 Å². The number of piperazine rings is 1. The van der Waals surface area contributed by atoms with Crippen LogP contribution in [0.1, 0.15) is 46.3 Å². The quantitative estimate of drug-likeness (QED) is 0.875. The number of aryl methyl sites for hydroxylation is 1. The van der Waals surface area contributed by atoms with Crippen molar-refractivity contribution in [3.63, 3.8) is 0 Å². The molecule has 2 atom stereocenters. The van der Waals surface area contributed by atoms with Crippen LogP contribution in [0.25, 0.3) is 0 Å². The van der Waals surface area contributed by atoms with E-state index in [2.05, 4.69) is 18.3 Å². The lowest BCUT2D eigenvalue weighted by atomic mass is 9.90. The predicted molar refractivity (Wildman–Crippen MR) is 99.0 cm³/mol. The minimum absolute atomic E-state index is 0.166. The smallest absolute Gasteiger partial charge is 0.264 e. The fourth-order valence-electron chi connectivity index (χ4n) is 4.37. The molecule has 2 fully saturated rings.